The van der Waals surface area contributed by atoms with E-state index in [0.29, 0.717) is 0 Å². The minimum Gasteiger partial charge on any atom is -0.399 e. The summed E-state index contributed by atoms with van der Waals surface area (Å²) in [4.78, 5) is 19.5. The van der Waals surface area contributed by atoms with Crippen molar-refractivity contribution >= 4 is 17.0 Å². The number of hydrogen-bond donors (Lipinski definition) is 0. The molecule has 5 nitrogen and oxygen atoms in total. The van der Waals surface area contributed by atoms with Crippen molar-refractivity contribution < 1.29 is 4.84 Å². The Kier molecular flexibility index (Phi) is 4.04. The van der Waals surface area contributed by atoms with Crippen LogP contribution in [0.2, 0.25) is 0 Å². The predicted octanol–water partition coefficient (Wildman–Crippen LogP) is 3.95. The molecule has 0 N–H and O–H groups in total. The fourth-order valence-corrected chi connectivity index (χ4v) is 3.73. The molecule has 3 heterocycles. The van der Waals surface area contributed by atoms with Gasteiger partial charge >= 0.3 is 0 Å². The van der Waals surface area contributed by atoms with Crippen LogP contribution in [0.5, 0.6) is 0 Å². The van der Waals surface area contributed by atoms with Gasteiger partial charge in [-0.2, -0.15) is 0 Å². The first-order valence-corrected chi connectivity index (χ1v) is 8.64. The van der Waals surface area contributed by atoms with Crippen LogP contribution in [-0.2, 0) is 11.3 Å². The van der Waals surface area contributed by atoms with E-state index < -0.39 is 0 Å². The van der Waals surface area contributed by atoms with Crippen molar-refractivity contribution in [1.29, 1.82) is 0 Å². The quantitative estimate of drug-likeness (QED) is 0.679. The number of aromatic nitrogens is 3. The van der Waals surface area contributed by atoms with E-state index in [9.17, 15) is 0 Å². The lowest BCUT2D eigenvalue weighted by atomic mass is 9.94. The van der Waals surface area contributed by atoms with Crippen molar-refractivity contribution in [1.82, 2.24) is 15.0 Å². The van der Waals surface area contributed by atoms with Crippen LogP contribution in [0.3, 0.4) is 0 Å². The number of fused-ring (bicyclic) bond motifs is 1. The highest BCUT2D eigenvalue weighted by Gasteiger charge is 2.19. The monoisotopic (exact) mass is 336 g/mol. The van der Waals surface area contributed by atoms with E-state index in [1.807, 2.05) is 24.5 Å². The maximum atomic E-state index is 4.98. The summed E-state index contributed by atoms with van der Waals surface area (Å²) in [7, 11) is 1.58. The molecule has 1 aliphatic carbocycles. The zero-order valence-electron chi connectivity index (χ0n) is 13.3. The smallest absolute Gasteiger partial charge is 0.125 e. The van der Waals surface area contributed by atoms with Gasteiger partial charge in [0, 0.05) is 24.2 Å². The SMILES string of the molecule is CON=C1CCCc2ccc(-c3cnc(-c4cccnc4)s3)nc21. The number of rotatable bonds is 3. The van der Waals surface area contributed by atoms with Gasteiger partial charge < -0.3 is 4.84 Å². The maximum absolute atomic E-state index is 4.98. The molecule has 1 aliphatic rings. The van der Waals surface area contributed by atoms with Crippen LogP contribution < -0.4 is 0 Å². The molecule has 3 aromatic heterocycles. The largest absolute Gasteiger partial charge is 0.399 e. The van der Waals surface area contributed by atoms with Gasteiger partial charge in [0.2, 0.25) is 0 Å². The Morgan fingerprint density at radius 1 is 1.17 bits per heavy atom. The van der Waals surface area contributed by atoms with E-state index in [1.54, 1.807) is 24.6 Å². The Morgan fingerprint density at radius 3 is 2.96 bits per heavy atom. The fourth-order valence-electron chi connectivity index (χ4n) is 2.86. The van der Waals surface area contributed by atoms with Gasteiger partial charge in [-0.1, -0.05) is 11.2 Å². The molecule has 0 radical (unpaired) electrons. The minimum absolute atomic E-state index is 0.904. The minimum atomic E-state index is 0.904. The summed E-state index contributed by atoms with van der Waals surface area (Å²) in [5, 5.41) is 5.09. The van der Waals surface area contributed by atoms with E-state index >= 15 is 0 Å². The first kappa shape index (κ1) is 15.0. The van der Waals surface area contributed by atoms with Gasteiger partial charge in [-0.3, -0.25) is 4.98 Å². The van der Waals surface area contributed by atoms with E-state index in [-0.39, 0.29) is 0 Å². The molecule has 6 heteroatoms. The lowest BCUT2D eigenvalue weighted by Gasteiger charge is -2.16. The first-order valence-electron chi connectivity index (χ1n) is 7.82. The second-order valence-corrected chi connectivity index (χ2v) is 6.58. The van der Waals surface area contributed by atoms with Crippen molar-refractivity contribution in [3.63, 3.8) is 0 Å². The fraction of sp³-hybridized carbons (Fsp3) is 0.222. The normalized spacial score (nSPS) is 15.3. The number of nitrogens with zero attached hydrogens (tertiary/aromatic N) is 4. The van der Waals surface area contributed by atoms with Gasteiger partial charge in [0.05, 0.1) is 16.3 Å². The van der Waals surface area contributed by atoms with Crippen LogP contribution in [0, 0.1) is 0 Å². The molecule has 0 unspecified atom stereocenters. The van der Waals surface area contributed by atoms with Crippen LogP contribution in [-0.4, -0.2) is 27.8 Å². The van der Waals surface area contributed by atoms with Crippen molar-refractivity contribution in [3.05, 3.63) is 54.1 Å². The van der Waals surface area contributed by atoms with Crippen molar-refractivity contribution in [2.24, 2.45) is 5.16 Å². The van der Waals surface area contributed by atoms with Crippen LogP contribution in [0.1, 0.15) is 24.1 Å². The Morgan fingerprint density at radius 2 is 2.12 bits per heavy atom. The molecule has 0 spiro atoms. The number of thiazole rings is 1. The van der Waals surface area contributed by atoms with E-state index in [4.69, 9.17) is 9.82 Å². The zero-order valence-corrected chi connectivity index (χ0v) is 14.1. The van der Waals surface area contributed by atoms with E-state index in [0.717, 1.165) is 51.8 Å². The third kappa shape index (κ3) is 2.80. The third-order valence-electron chi connectivity index (χ3n) is 3.98. The number of hydrogen-bond acceptors (Lipinski definition) is 6. The van der Waals surface area contributed by atoms with Gasteiger partial charge in [0.25, 0.3) is 0 Å². The lowest BCUT2D eigenvalue weighted by Crippen LogP contribution is -2.14. The molecule has 24 heavy (non-hydrogen) atoms. The number of aryl methyl sites for hydroxylation is 1. The molecule has 0 aromatic carbocycles. The highest BCUT2D eigenvalue weighted by Crippen LogP contribution is 2.32. The van der Waals surface area contributed by atoms with Gasteiger partial charge in [-0.05, 0) is 43.0 Å². The molecule has 120 valence electrons. The molecule has 0 aliphatic heterocycles. The molecule has 4 rings (SSSR count). The van der Waals surface area contributed by atoms with E-state index in [2.05, 4.69) is 27.3 Å². The second kappa shape index (κ2) is 6.49. The van der Waals surface area contributed by atoms with Crippen molar-refractivity contribution in [2.75, 3.05) is 7.11 Å². The average molecular weight is 336 g/mol. The zero-order chi connectivity index (χ0) is 16.4. The highest BCUT2D eigenvalue weighted by molar-refractivity contribution is 7.18. The Labute approximate surface area is 144 Å². The Balaban J connectivity index is 1.72. The molecular formula is C18H16N4OS. The summed E-state index contributed by atoms with van der Waals surface area (Å²) < 4.78 is 0. The van der Waals surface area contributed by atoms with Gasteiger partial charge in [0.1, 0.15) is 17.8 Å². The topological polar surface area (TPSA) is 60.3 Å². The molecule has 3 aromatic rings. The summed E-state index contributed by atoms with van der Waals surface area (Å²) in [5.41, 5.74) is 5.06. The predicted molar refractivity (Wildman–Crippen MR) is 95.1 cm³/mol. The molecule has 0 saturated heterocycles. The summed E-state index contributed by atoms with van der Waals surface area (Å²) in [6.07, 6.45) is 8.49. The van der Waals surface area contributed by atoms with Crippen molar-refractivity contribution in [2.45, 2.75) is 19.3 Å². The van der Waals surface area contributed by atoms with Gasteiger partial charge in [-0.15, -0.1) is 11.3 Å². The summed E-state index contributed by atoms with van der Waals surface area (Å²) in [5.74, 6) is 0. The van der Waals surface area contributed by atoms with Crippen LogP contribution in [0.15, 0.2) is 48.0 Å². The molecule has 0 bridgehead atoms. The standard InChI is InChI=1S/C18H16N4OS/c1-23-22-15-6-2-4-12-7-8-14(21-17(12)15)16-11-20-18(24-16)13-5-3-9-19-10-13/h3,5,7-11H,2,4,6H2,1H3. The first-order chi connectivity index (χ1) is 11.8. The second-order valence-electron chi connectivity index (χ2n) is 5.55. The molecule has 0 fully saturated rings. The average Bonchev–Trinajstić information content (AvgIpc) is 3.13. The number of pyridine rings is 2. The van der Waals surface area contributed by atoms with Crippen molar-refractivity contribution in [3.8, 4) is 21.1 Å². The summed E-state index contributed by atoms with van der Waals surface area (Å²) in [6.45, 7) is 0. The molecule has 0 saturated carbocycles. The number of oxime groups is 1. The summed E-state index contributed by atoms with van der Waals surface area (Å²) >= 11 is 1.62. The van der Waals surface area contributed by atoms with Crippen LogP contribution in [0.4, 0.5) is 0 Å². The lowest BCUT2D eigenvalue weighted by molar-refractivity contribution is 0.212. The highest BCUT2D eigenvalue weighted by atomic mass is 32.1. The third-order valence-corrected chi connectivity index (χ3v) is 5.05. The Hall–Kier alpha value is -2.60. The molecular weight excluding hydrogens is 320 g/mol. The van der Waals surface area contributed by atoms with Crippen LogP contribution in [0.25, 0.3) is 21.1 Å². The maximum Gasteiger partial charge on any atom is 0.125 e. The van der Waals surface area contributed by atoms with Gasteiger partial charge in [0.15, 0.2) is 0 Å². The van der Waals surface area contributed by atoms with Gasteiger partial charge in [-0.25, -0.2) is 9.97 Å². The van der Waals surface area contributed by atoms with E-state index in [1.165, 1.54) is 5.56 Å². The van der Waals surface area contributed by atoms with Crippen LogP contribution >= 0.6 is 11.3 Å². The molecule has 0 amide bonds. The molecule has 0 atom stereocenters. The summed E-state index contributed by atoms with van der Waals surface area (Å²) in [6, 6.07) is 8.14. The Bertz CT molecular complexity index is 889.